The summed E-state index contributed by atoms with van der Waals surface area (Å²) in [5.41, 5.74) is 1.02. The highest BCUT2D eigenvalue weighted by molar-refractivity contribution is 5.79. The number of aliphatic imine (C=N–C) groups is 1. The van der Waals surface area contributed by atoms with Crippen LogP contribution in [0.4, 0.5) is 0 Å². The van der Waals surface area contributed by atoms with Gasteiger partial charge in [-0.15, -0.1) is 0 Å². The smallest absolute Gasteiger partial charge is 0.218 e. The zero-order valence-electron chi connectivity index (χ0n) is 16.7. The predicted molar refractivity (Wildman–Crippen MR) is 107 cm³/mol. The molecule has 0 bridgehead atoms. The Morgan fingerprint density at radius 1 is 1.33 bits per heavy atom. The first-order chi connectivity index (χ1) is 13.3. The van der Waals surface area contributed by atoms with Gasteiger partial charge in [-0.1, -0.05) is 19.4 Å². The summed E-state index contributed by atoms with van der Waals surface area (Å²) >= 11 is 0. The topological polar surface area (TPSA) is 77.0 Å². The van der Waals surface area contributed by atoms with Crippen LogP contribution in [0.15, 0.2) is 23.3 Å². The number of nitrogens with one attached hydrogen (secondary N) is 2. The largest absolute Gasteiger partial charge is 0.477 e. The predicted octanol–water partition coefficient (Wildman–Crippen LogP) is 2.51. The molecule has 7 heteroatoms. The van der Waals surface area contributed by atoms with Gasteiger partial charge in [0, 0.05) is 45.1 Å². The molecular weight excluding hydrogens is 344 g/mol. The highest BCUT2D eigenvalue weighted by Crippen LogP contribution is 2.14. The van der Waals surface area contributed by atoms with E-state index in [9.17, 15) is 0 Å². The van der Waals surface area contributed by atoms with Gasteiger partial charge in [-0.05, 0) is 31.7 Å². The van der Waals surface area contributed by atoms with Crippen LogP contribution in [0, 0.1) is 0 Å². The number of guanidine groups is 1. The van der Waals surface area contributed by atoms with Crippen molar-refractivity contribution >= 4 is 5.96 Å². The van der Waals surface area contributed by atoms with E-state index in [-0.39, 0.29) is 0 Å². The van der Waals surface area contributed by atoms with Crippen LogP contribution in [0.2, 0.25) is 0 Å². The van der Waals surface area contributed by atoms with Crippen molar-refractivity contribution in [2.75, 3.05) is 40.0 Å². The first kappa shape index (κ1) is 21.4. The van der Waals surface area contributed by atoms with E-state index in [0.717, 1.165) is 63.4 Å². The molecule has 0 spiro atoms. The molecule has 2 heterocycles. The molecule has 1 aromatic rings. The van der Waals surface area contributed by atoms with Gasteiger partial charge in [-0.25, -0.2) is 4.98 Å². The second kappa shape index (κ2) is 13.3. The number of nitrogens with zero attached hydrogens (tertiary/aromatic N) is 2. The normalized spacial score (nSPS) is 17.1. The molecule has 2 N–H and O–H groups in total. The van der Waals surface area contributed by atoms with Crippen molar-refractivity contribution in [3.8, 4) is 5.88 Å². The van der Waals surface area contributed by atoms with E-state index in [1.165, 1.54) is 0 Å². The lowest BCUT2D eigenvalue weighted by Gasteiger charge is -2.14. The molecule has 2 rings (SSSR count). The lowest BCUT2D eigenvalue weighted by atomic mass is 10.2. The van der Waals surface area contributed by atoms with Crippen LogP contribution in [0.3, 0.4) is 0 Å². The molecular formula is C20H34N4O3. The molecule has 1 unspecified atom stereocenters. The van der Waals surface area contributed by atoms with E-state index in [4.69, 9.17) is 14.2 Å². The Hall–Kier alpha value is -1.86. The number of hydrogen-bond donors (Lipinski definition) is 2. The van der Waals surface area contributed by atoms with Crippen molar-refractivity contribution in [3.63, 3.8) is 0 Å². The minimum absolute atomic E-state index is 0.292. The Labute approximate surface area is 162 Å². The maximum atomic E-state index is 5.77. The number of ether oxygens (including phenoxy) is 3. The van der Waals surface area contributed by atoms with Crippen LogP contribution in [0.1, 0.15) is 44.6 Å². The molecule has 7 nitrogen and oxygen atoms in total. The molecule has 1 saturated heterocycles. The van der Waals surface area contributed by atoms with Gasteiger partial charge in [0.05, 0.1) is 19.3 Å². The van der Waals surface area contributed by atoms with E-state index in [0.29, 0.717) is 31.7 Å². The van der Waals surface area contributed by atoms with Gasteiger partial charge in [-0.3, -0.25) is 4.99 Å². The van der Waals surface area contributed by atoms with Crippen molar-refractivity contribution in [1.29, 1.82) is 0 Å². The minimum atomic E-state index is 0.292. The standard InChI is InChI=1S/C20H34N4O3/c1-3-4-13-27-19-17(8-5-10-22-19)15-24-20(21-2)23-11-7-12-25-16-18-9-6-14-26-18/h5,8,10,18H,3-4,6-7,9,11-16H2,1-2H3,(H2,21,23,24). The fourth-order valence-corrected chi connectivity index (χ4v) is 2.77. The number of hydrogen-bond acceptors (Lipinski definition) is 5. The van der Waals surface area contributed by atoms with Gasteiger partial charge in [0.2, 0.25) is 5.88 Å². The monoisotopic (exact) mass is 378 g/mol. The van der Waals surface area contributed by atoms with E-state index in [2.05, 4.69) is 27.5 Å². The van der Waals surface area contributed by atoms with Gasteiger partial charge < -0.3 is 24.8 Å². The maximum absolute atomic E-state index is 5.77. The third-order valence-corrected chi connectivity index (χ3v) is 4.34. The molecule has 1 aliphatic rings. The zero-order valence-corrected chi connectivity index (χ0v) is 16.7. The summed E-state index contributed by atoms with van der Waals surface area (Å²) in [5, 5.41) is 6.62. The van der Waals surface area contributed by atoms with Crippen molar-refractivity contribution < 1.29 is 14.2 Å². The number of pyridine rings is 1. The van der Waals surface area contributed by atoms with E-state index < -0.39 is 0 Å². The molecule has 0 radical (unpaired) electrons. The Balaban J connectivity index is 1.62. The lowest BCUT2D eigenvalue weighted by molar-refractivity contribution is 0.0168. The average Bonchev–Trinajstić information content (AvgIpc) is 3.21. The summed E-state index contributed by atoms with van der Waals surface area (Å²) in [4.78, 5) is 8.59. The minimum Gasteiger partial charge on any atom is -0.477 e. The first-order valence-corrected chi connectivity index (χ1v) is 10.0. The van der Waals surface area contributed by atoms with E-state index >= 15 is 0 Å². The van der Waals surface area contributed by atoms with E-state index in [1.54, 1.807) is 13.2 Å². The molecule has 0 amide bonds. The molecule has 0 aromatic carbocycles. The SMILES string of the molecule is CCCCOc1ncccc1CNC(=NC)NCCCOCC1CCCO1. The van der Waals surface area contributed by atoms with Crippen molar-refractivity contribution in [1.82, 2.24) is 15.6 Å². The Morgan fingerprint density at radius 2 is 2.26 bits per heavy atom. The van der Waals surface area contributed by atoms with Gasteiger partial charge in [0.1, 0.15) is 0 Å². The van der Waals surface area contributed by atoms with E-state index in [1.807, 2.05) is 12.1 Å². The Kier molecular flexibility index (Phi) is 10.6. The fourth-order valence-electron chi connectivity index (χ4n) is 2.77. The number of unbranched alkanes of at least 4 members (excludes halogenated alkanes) is 1. The summed E-state index contributed by atoms with van der Waals surface area (Å²) in [6.07, 6.45) is 7.38. The third kappa shape index (κ3) is 8.58. The van der Waals surface area contributed by atoms with Crippen LogP contribution in [0.25, 0.3) is 0 Å². The van der Waals surface area contributed by atoms with Crippen molar-refractivity contribution in [2.24, 2.45) is 4.99 Å². The number of aromatic nitrogens is 1. The highest BCUT2D eigenvalue weighted by atomic mass is 16.5. The van der Waals surface area contributed by atoms with Crippen LogP contribution in [-0.4, -0.2) is 57.1 Å². The quantitative estimate of drug-likeness (QED) is 0.331. The van der Waals surface area contributed by atoms with Crippen LogP contribution >= 0.6 is 0 Å². The molecule has 27 heavy (non-hydrogen) atoms. The summed E-state index contributed by atoms with van der Waals surface area (Å²) in [6, 6.07) is 3.94. The third-order valence-electron chi connectivity index (χ3n) is 4.34. The molecule has 1 atom stereocenters. The highest BCUT2D eigenvalue weighted by Gasteiger charge is 2.14. The molecule has 152 valence electrons. The summed E-state index contributed by atoms with van der Waals surface area (Å²) in [6.45, 7) is 6.56. The lowest BCUT2D eigenvalue weighted by Crippen LogP contribution is -2.37. The van der Waals surface area contributed by atoms with Crippen molar-refractivity contribution in [2.45, 2.75) is 51.7 Å². The summed E-state index contributed by atoms with van der Waals surface area (Å²) in [5.74, 6) is 1.45. The second-order valence-electron chi connectivity index (χ2n) is 6.59. The molecule has 1 aliphatic heterocycles. The van der Waals surface area contributed by atoms with Crippen molar-refractivity contribution in [3.05, 3.63) is 23.9 Å². The van der Waals surface area contributed by atoms with Gasteiger partial charge in [-0.2, -0.15) is 0 Å². The molecule has 0 aliphatic carbocycles. The van der Waals surface area contributed by atoms with Crippen LogP contribution in [-0.2, 0) is 16.0 Å². The molecule has 1 aromatic heterocycles. The Morgan fingerprint density at radius 3 is 3.04 bits per heavy atom. The fraction of sp³-hybridized carbons (Fsp3) is 0.700. The molecule has 0 saturated carbocycles. The second-order valence-corrected chi connectivity index (χ2v) is 6.59. The van der Waals surface area contributed by atoms with Crippen LogP contribution in [0.5, 0.6) is 5.88 Å². The first-order valence-electron chi connectivity index (χ1n) is 10.0. The summed E-state index contributed by atoms with van der Waals surface area (Å²) < 4.78 is 17.0. The maximum Gasteiger partial charge on any atom is 0.218 e. The Bertz CT molecular complexity index is 548. The summed E-state index contributed by atoms with van der Waals surface area (Å²) in [7, 11) is 1.77. The van der Waals surface area contributed by atoms with Gasteiger partial charge >= 0.3 is 0 Å². The van der Waals surface area contributed by atoms with Crippen LogP contribution < -0.4 is 15.4 Å². The molecule has 1 fully saturated rings. The average molecular weight is 379 g/mol. The number of rotatable bonds is 12. The van der Waals surface area contributed by atoms with Gasteiger partial charge in [0.25, 0.3) is 0 Å². The zero-order chi connectivity index (χ0) is 19.2. The van der Waals surface area contributed by atoms with Gasteiger partial charge in [0.15, 0.2) is 5.96 Å².